The maximum atomic E-state index is 13.2. The summed E-state index contributed by atoms with van der Waals surface area (Å²) in [6, 6.07) is 4.03. The van der Waals surface area contributed by atoms with Gasteiger partial charge in [0.25, 0.3) is 0 Å². The van der Waals surface area contributed by atoms with Gasteiger partial charge in [0.15, 0.2) is 11.5 Å². The quantitative estimate of drug-likeness (QED) is 0.352. The highest BCUT2D eigenvalue weighted by molar-refractivity contribution is 5.89. The zero-order valence-corrected chi connectivity index (χ0v) is 18.3. The van der Waals surface area contributed by atoms with Crippen molar-refractivity contribution in [3.05, 3.63) is 23.8 Å². The van der Waals surface area contributed by atoms with Crippen LogP contribution in [0.3, 0.4) is 0 Å². The third kappa shape index (κ3) is 7.57. The fraction of sp³-hybridized carbons (Fsp3) is 0.591. The molecule has 0 aliphatic heterocycles. The summed E-state index contributed by atoms with van der Waals surface area (Å²) in [5.41, 5.74) is 0.547. The van der Waals surface area contributed by atoms with Crippen molar-refractivity contribution in [2.24, 2.45) is 5.92 Å². The molecule has 0 aliphatic rings. The Morgan fingerprint density at radius 2 is 1.83 bits per heavy atom. The number of carbonyl (C=O) groups excluding carboxylic acids is 3. The van der Waals surface area contributed by atoms with Crippen LogP contribution in [0.2, 0.25) is 0 Å². The van der Waals surface area contributed by atoms with Crippen molar-refractivity contribution in [1.29, 1.82) is 0 Å². The highest BCUT2D eigenvalue weighted by Gasteiger charge is 2.29. The first kappa shape index (κ1) is 25.3. The van der Waals surface area contributed by atoms with Crippen LogP contribution >= 0.6 is 0 Å². The Morgan fingerprint density at radius 3 is 2.43 bits per heavy atom. The lowest BCUT2D eigenvalue weighted by atomic mass is 9.97. The monoisotopic (exact) mass is 422 g/mol. The molecule has 0 aromatic heterocycles. The summed E-state index contributed by atoms with van der Waals surface area (Å²) >= 11 is 0. The summed E-state index contributed by atoms with van der Waals surface area (Å²) in [7, 11) is 1.26. The molecular formula is C22H34N2O6. The number of methoxy groups -OCH3 is 1. The van der Waals surface area contributed by atoms with Gasteiger partial charge in [-0.3, -0.25) is 14.4 Å². The molecule has 3 N–H and O–H groups in total. The first-order valence-corrected chi connectivity index (χ1v) is 10.4. The van der Waals surface area contributed by atoms with Gasteiger partial charge in [-0.2, -0.15) is 0 Å². The second-order valence-corrected chi connectivity index (χ2v) is 7.37. The van der Waals surface area contributed by atoms with E-state index in [2.05, 4.69) is 10.1 Å². The van der Waals surface area contributed by atoms with Crippen molar-refractivity contribution in [2.75, 3.05) is 20.2 Å². The van der Waals surface area contributed by atoms with E-state index in [-0.39, 0.29) is 42.1 Å². The molecule has 1 unspecified atom stereocenters. The Labute approximate surface area is 178 Å². The first-order chi connectivity index (χ1) is 14.2. The number of nitrogens with one attached hydrogen (secondary N) is 1. The number of rotatable bonds is 12. The van der Waals surface area contributed by atoms with Gasteiger partial charge in [0, 0.05) is 19.5 Å². The Bertz CT molecular complexity index is 722. The zero-order chi connectivity index (χ0) is 22.7. The van der Waals surface area contributed by atoms with E-state index in [9.17, 15) is 24.6 Å². The Hall–Kier alpha value is -2.77. The Balaban J connectivity index is 2.89. The molecule has 0 bridgehead atoms. The number of ether oxygens (including phenoxy) is 1. The van der Waals surface area contributed by atoms with Crippen LogP contribution in [0.5, 0.6) is 11.5 Å². The lowest BCUT2D eigenvalue weighted by Crippen LogP contribution is -2.52. The maximum absolute atomic E-state index is 13.2. The standard InChI is InChI=1S/C22H34N2O6/c1-5-13-24(14-12-16-8-7-9-17(25)21(16)28)22(29)20(15(3)6-2)23-18(26)10-11-19(27)30-4/h7-9,15,20,25,28H,5-6,10-14H2,1-4H3,(H,23,26)/t15?,20-/m0/s1. The van der Waals surface area contributed by atoms with Crippen LogP contribution in [-0.2, 0) is 25.5 Å². The minimum atomic E-state index is -0.704. The van der Waals surface area contributed by atoms with Crippen LogP contribution in [0.25, 0.3) is 0 Å². The minimum absolute atomic E-state index is 0.0425. The van der Waals surface area contributed by atoms with Crippen molar-refractivity contribution in [1.82, 2.24) is 10.2 Å². The van der Waals surface area contributed by atoms with E-state index >= 15 is 0 Å². The minimum Gasteiger partial charge on any atom is -0.504 e. The number of hydrogen-bond donors (Lipinski definition) is 3. The van der Waals surface area contributed by atoms with Crippen LogP contribution in [-0.4, -0.2) is 59.1 Å². The molecule has 1 rings (SSSR count). The number of amides is 2. The molecule has 168 valence electrons. The summed E-state index contributed by atoms with van der Waals surface area (Å²) in [6.45, 7) is 6.64. The predicted octanol–water partition coefficient (Wildman–Crippen LogP) is 2.36. The van der Waals surface area contributed by atoms with Gasteiger partial charge in [-0.15, -0.1) is 0 Å². The molecule has 0 spiro atoms. The molecule has 30 heavy (non-hydrogen) atoms. The van der Waals surface area contributed by atoms with Gasteiger partial charge in [0.2, 0.25) is 11.8 Å². The third-order valence-corrected chi connectivity index (χ3v) is 5.13. The average molecular weight is 423 g/mol. The number of phenols is 2. The SMILES string of the molecule is CCCN(CCc1cccc(O)c1O)C(=O)[C@@H](NC(=O)CCC(=O)OC)C(C)CC. The van der Waals surface area contributed by atoms with E-state index in [1.165, 1.54) is 13.2 Å². The van der Waals surface area contributed by atoms with Gasteiger partial charge < -0.3 is 25.2 Å². The molecule has 0 radical (unpaired) electrons. The second-order valence-electron chi connectivity index (χ2n) is 7.37. The van der Waals surface area contributed by atoms with Crippen molar-refractivity contribution in [3.63, 3.8) is 0 Å². The van der Waals surface area contributed by atoms with Crippen LogP contribution < -0.4 is 5.32 Å². The number of benzene rings is 1. The fourth-order valence-corrected chi connectivity index (χ4v) is 3.08. The van der Waals surface area contributed by atoms with Gasteiger partial charge in [0.05, 0.1) is 13.5 Å². The summed E-state index contributed by atoms with van der Waals surface area (Å²) in [5.74, 6) is -1.52. The number of phenolic OH excluding ortho intramolecular Hbond substituents is 2. The highest BCUT2D eigenvalue weighted by Crippen LogP contribution is 2.28. The number of aromatic hydroxyl groups is 2. The second kappa shape index (κ2) is 12.7. The predicted molar refractivity (Wildman–Crippen MR) is 113 cm³/mol. The molecule has 2 atom stereocenters. The average Bonchev–Trinajstić information content (AvgIpc) is 2.74. The number of para-hydroxylation sites is 1. The number of carbonyl (C=O) groups is 3. The lowest BCUT2D eigenvalue weighted by molar-refractivity contribution is -0.142. The number of nitrogens with zero attached hydrogens (tertiary/aromatic N) is 1. The fourth-order valence-electron chi connectivity index (χ4n) is 3.08. The number of esters is 1. The number of hydrogen-bond acceptors (Lipinski definition) is 6. The molecule has 0 aliphatic carbocycles. The van der Waals surface area contributed by atoms with E-state index in [4.69, 9.17) is 0 Å². The largest absolute Gasteiger partial charge is 0.504 e. The molecule has 8 nitrogen and oxygen atoms in total. The van der Waals surface area contributed by atoms with Crippen molar-refractivity contribution < 1.29 is 29.3 Å². The summed E-state index contributed by atoms with van der Waals surface area (Å²) in [5, 5.41) is 22.5. The summed E-state index contributed by atoms with van der Waals surface area (Å²) in [6.07, 6.45) is 1.72. The van der Waals surface area contributed by atoms with Crippen molar-refractivity contribution in [3.8, 4) is 11.5 Å². The molecule has 8 heteroatoms. The maximum Gasteiger partial charge on any atom is 0.306 e. The van der Waals surface area contributed by atoms with Gasteiger partial charge in [-0.1, -0.05) is 39.3 Å². The van der Waals surface area contributed by atoms with Gasteiger partial charge in [-0.25, -0.2) is 0 Å². The molecule has 1 aromatic rings. The third-order valence-electron chi connectivity index (χ3n) is 5.13. The molecule has 0 heterocycles. The van der Waals surface area contributed by atoms with E-state index in [1.807, 2.05) is 20.8 Å². The van der Waals surface area contributed by atoms with Gasteiger partial charge >= 0.3 is 5.97 Å². The molecular weight excluding hydrogens is 388 g/mol. The molecule has 0 saturated carbocycles. The lowest BCUT2D eigenvalue weighted by Gasteiger charge is -2.31. The van der Waals surface area contributed by atoms with Crippen molar-refractivity contribution in [2.45, 2.75) is 58.9 Å². The smallest absolute Gasteiger partial charge is 0.306 e. The van der Waals surface area contributed by atoms with Crippen LogP contribution in [0.1, 0.15) is 52.0 Å². The van der Waals surface area contributed by atoms with Crippen LogP contribution in [0.15, 0.2) is 18.2 Å². The van der Waals surface area contributed by atoms with Crippen LogP contribution in [0.4, 0.5) is 0 Å². The van der Waals surface area contributed by atoms with Gasteiger partial charge in [0.1, 0.15) is 6.04 Å². The first-order valence-electron chi connectivity index (χ1n) is 10.4. The van der Waals surface area contributed by atoms with Crippen molar-refractivity contribution >= 4 is 17.8 Å². The van der Waals surface area contributed by atoms with Gasteiger partial charge in [-0.05, 0) is 30.4 Å². The molecule has 2 amide bonds. The zero-order valence-electron chi connectivity index (χ0n) is 18.3. The topological polar surface area (TPSA) is 116 Å². The Morgan fingerprint density at radius 1 is 1.13 bits per heavy atom. The highest BCUT2D eigenvalue weighted by atomic mass is 16.5. The summed E-state index contributed by atoms with van der Waals surface area (Å²) < 4.78 is 4.55. The molecule has 0 fully saturated rings. The van der Waals surface area contributed by atoms with E-state index in [1.54, 1.807) is 17.0 Å². The Kier molecular flexibility index (Phi) is 10.7. The van der Waals surface area contributed by atoms with E-state index in [0.717, 1.165) is 6.42 Å². The normalized spacial score (nSPS) is 12.7. The van der Waals surface area contributed by atoms with E-state index < -0.39 is 12.0 Å². The van der Waals surface area contributed by atoms with Crippen LogP contribution in [0, 0.1) is 5.92 Å². The molecule has 0 saturated heterocycles. The van der Waals surface area contributed by atoms with E-state index in [0.29, 0.717) is 31.5 Å². The molecule has 1 aromatic carbocycles. The summed E-state index contributed by atoms with van der Waals surface area (Å²) in [4.78, 5) is 38.5.